The molecule has 128 valence electrons. The number of hydrogen-bond donors (Lipinski definition) is 0. The molecular formula is C19H24N2O3. The van der Waals surface area contributed by atoms with E-state index in [9.17, 15) is 9.59 Å². The highest BCUT2D eigenvalue weighted by Crippen LogP contribution is 2.19. The van der Waals surface area contributed by atoms with Crippen LogP contribution in [0, 0.1) is 0 Å². The van der Waals surface area contributed by atoms with Gasteiger partial charge in [-0.3, -0.25) is 14.5 Å². The summed E-state index contributed by atoms with van der Waals surface area (Å²) in [5.41, 5.74) is 0.651. The predicted octanol–water partition coefficient (Wildman–Crippen LogP) is 2.63. The number of amides is 1. The second-order valence-corrected chi connectivity index (χ2v) is 6.44. The van der Waals surface area contributed by atoms with Gasteiger partial charge in [-0.15, -0.1) is 0 Å². The van der Waals surface area contributed by atoms with Crippen LogP contribution in [0.1, 0.15) is 31.9 Å². The second-order valence-electron chi connectivity index (χ2n) is 6.44. The van der Waals surface area contributed by atoms with Gasteiger partial charge >= 0.3 is 0 Å². The van der Waals surface area contributed by atoms with E-state index in [-0.39, 0.29) is 11.3 Å². The zero-order valence-corrected chi connectivity index (χ0v) is 14.3. The molecule has 3 rings (SSSR count). The molecule has 2 aromatic rings. The molecule has 5 heteroatoms. The SMILES string of the molecule is CCC(=O)N(C)C1CCN(Cc2cc(=O)c3ccccc3o2)CC1. The first-order valence-corrected chi connectivity index (χ1v) is 8.58. The van der Waals surface area contributed by atoms with Gasteiger partial charge in [0.05, 0.1) is 11.9 Å². The highest BCUT2D eigenvalue weighted by Gasteiger charge is 2.25. The summed E-state index contributed by atoms with van der Waals surface area (Å²) in [6, 6.07) is 9.26. The average molecular weight is 328 g/mol. The molecule has 1 aromatic carbocycles. The van der Waals surface area contributed by atoms with Crippen LogP contribution in [0.5, 0.6) is 0 Å². The normalized spacial score (nSPS) is 16.4. The number of carbonyl (C=O) groups excluding carboxylic acids is 1. The number of rotatable bonds is 4. The quantitative estimate of drug-likeness (QED) is 0.866. The monoisotopic (exact) mass is 328 g/mol. The highest BCUT2D eigenvalue weighted by molar-refractivity contribution is 5.76. The zero-order valence-electron chi connectivity index (χ0n) is 14.3. The summed E-state index contributed by atoms with van der Waals surface area (Å²) in [5.74, 6) is 0.907. The van der Waals surface area contributed by atoms with E-state index in [1.165, 1.54) is 0 Å². The zero-order chi connectivity index (χ0) is 17.1. The molecule has 5 nitrogen and oxygen atoms in total. The van der Waals surface area contributed by atoms with E-state index in [0.717, 1.165) is 25.9 Å². The number of para-hydroxylation sites is 1. The Morgan fingerprint density at radius 1 is 1.29 bits per heavy atom. The van der Waals surface area contributed by atoms with E-state index < -0.39 is 0 Å². The van der Waals surface area contributed by atoms with Crippen molar-refractivity contribution in [1.82, 2.24) is 9.80 Å². The first-order chi connectivity index (χ1) is 11.6. The van der Waals surface area contributed by atoms with Crippen LogP contribution in [0.2, 0.25) is 0 Å². The Bertz CT molecular complexity index is 776. The summed E-state index contributed by atoms with van der Waals surface area (Å²) in [5, 5.41) is 0.625. The molecule has 0 N–H and O–H groups in total. The topological polar surface area (TPSA) is 53.8 Å². The Morgan fingerprint density at radius 2 is 2.00 bits per heavy atom. The number of benzene rings is 1. The Balaban J connectivity index is 1.64. The predicted molar refractivity (Wildman–Crippen MR) is 93.8 cm³/mol. The minimum absolute atomic E-state index is 0.00927. The molecule has 1 aliphatic heterocycles. The van der Waals surface area contributed by atoms with Gasteiger partial charge in [-0.05, 0) is 25.0 Å². The van der Waals surface area contributed by atoms with Crippen molar-refractivity contribution in [2.45, 2.75) is 38.8 Å². The van der Waals surface area contributed by atoms with Crippen molar-refractivity contribution >= 4 is 16.9 Å². The number of carbonyl (C=O) groups is 1. The molecule has 1 aliphatic rings. The lowest BCUT2D eigenvalue weighted by Gasteiger charge is -2.36. The average Bonchev–Trinajstić information content (AvgIpc) is 2.61. The van der Waals surface area contributed by atoms with Crippen molar-refractivity contribution < 1.29 is 9.21 Å². The standard InChI is InChI=1S/C19H24N2O3/c1-3-19(23)20(2)14-8-10-21(11-9-14)13-15-12-17(22)16-6-4-5-7-18(16)24-15/h4-7,12,14H,3,8-11,13H2,1-2H3. The molecule has 0 bridgehead atoms. The largest absolute Gasteiger partial charge is 0.459 e. The fourth-order valence-electron chi connectivity index (χ4n) is 3.37. The molecule has 0 atom stereocenters. The van der Waals surface area contributed by atoms with Gasteiger partial charge in [0.1, 0.15) is 11.3 Å². The van der Waals surface area contributed by atoms with E-state index in [2.05, 4.69) is 4.90 Å². The third-order valence-corrected chi connectivity index (χ3v) is 4.87. The number of nitrogens with zero attached hydrogens (tertiary/aromatic N) is 2. The van der Waals surface area contributed by atoms with E-state index in [4.69, 9.17) is 4.42 Å². The van der Waals surface area contributed by atoms with Gasteiger partial charge in [0.2, 0.25) is 5.91 Å². The molecule has 0 aliphatic carbocycles. The van der Waals surface area contributed by atoms with Crippen LogP contribution in [-0.4, -0.2) is 41.9 Å². The van der Waals surface area contributed by atoms with Crippen LogP contribution in [0.3, 0.4) is 0 Å². The van der Waals surface area contributed by atoms with Gasteiger partial charge < -0.3 is 9.32 Å². The van der Waals surface area contributed by atoms with Gasteiger partial charge in [-0.1, -0.05) is 19.1 Å². The van der Waals surface area contributed by atoms with Crippen LogP contribution < -0.4 is 5.43 Å². The second kappa shape index (κ2) is 7.18. The molecule has 1 fully saturated rings. The summed E-state index contributed by atoms with van der Waals surface area (Å²) < 4.78 is 5.87. The molecule has 0 saturated carbocycles. The van der Waals surface area contributed by atoms with Crippen molar-refractivity contribution in [2.24, 2.45) is 0 Å². The van der Waals surface area contributed by atoms with E-state index >= 15 is 0 Å². The molecule has 2 heterocycles. The molecule has 0 unspecified atom stereocenters. The summed E-state index contributed by atoms with van der Waals surface area (Å²) in [6.45, 7) is 4.35. The maximum atomic E-state index is 12.2. The molecule has 1 aromatic heterocycles. The van der Waals surface area contributed by atoms with Crippen LogP contribution in [0.15, 0.2) is 39.5 Å². The van der Waals surface area contributed by atoms with E-state index in [0.29, 0.717) is 35.7 Å². The van der Waals surface area contributed by atoms with E-state index in [1.807, 2.05) is 37.1 Å². The summed E-state index contributed by atoms with van der Waals surface area (Å²) >= 11 is 0. The van der Waals surface area contributed by atoms with Crippen LogP contribution in [0.25, 0.3) is 11.0 Å². The lowest BCUT2D eigenvalue weighted by molar-refractivity contribution is -0.132. The molecule has 1 saturated heterocycles. The Morgan fingerprint density at radius 3 is 2.71 bits per heavy atom. The van der Waals surface area contributed by atoms with Crippen molar-refractivity contribution in [3.8, 4) is 0 Å². The summed E-state index contributed by atoms with van der Waals surface area (Å²) in [4.78, 5) is 28.1. The first kappa shape index (κ1) is 16.7. The first-order valence-electron chi connectivity index (χ1n) is 8.58. The lowest BCUT2D eigenvalue weighted by Crippen LogP contribution is -2.45. The van der Waals surface area contributed by atoms with Crippen LogP contribution in [-0.2, 0) is 11.3 Å². The number of fused-ring (bicyclic) bond motifs is 1. The minimum atomic E-state index is 0.00927. The van der Waals surface area contributed by atoms with Crippen molar-refractivity contribution in [3.63, 3.8) is 0 Å². The summed E-state index contributed by atoms with van der Waals surface area (Å²) in [7, 11) is 1.90. The molecule has 24 heavy (non-hydrogen) atoms. The smallest absolute Gasteiger partial charge is 0.222 e. The van der Waals surface area contributed by atoms with Gasteiger partial charge in [0.25, 0.3) is 0 Å². The van der Waals surface area contributed by atoms with Gasteiger partial charge in [0.15, 0.2) is 5.43 Å². The minimum Gasteiger partial charge on any atom is -0.459 e. The van der Waals surface area contributed by atoms with Crippen molar-refractivity contribution in [2.75, 3.05) is 20.1 Å². The Labute approximate surface area is 141 Å². The van der Waals surface area contributed by atoms with Gasteiger partial charge in [-0.2, -0.15) is 0 Å². The maximum Gasteiger partial charge on any atom is 0.222 e. The number of hydrogen-bond acceptors (Lipinski definition) is 4. The van der Waals surface area contributed by atoms with Crippen molar-refractivity contribution in [3.05, 3.63) is 46.3 Å². The fourth-order valence-corrected chi connectivity index (χ4v) is 3.37. The Hall–Kier alpha value is -2.14. The molecule has 0 spiro atoms. The third-order valence-electron chi connectivity index (χ3n) is 4.87. The molecule has 0 radical (unpaired) electrons. The van der Waals surface area contributed by atoms with Gasteiger partial charge in [-0.25, -0.2) is 0 Å². The third kappa shape index (κ3) is 3.51. The molecular weight excluding hydrogens is 304 g/mol. The fraction of sp³-hybridized carbons (Fsp3) is 0.474. The van der Waals surface area contributed by atoms with Crippen LogP contribution >= 0.6 is 0 Å². The Kier molecular flexibility index (Phi) is 5.00. The highest BCUT2D eigenvalue weighted by atomic mass is 16.3. The number of piperidine rings is 1. The molecule has 1 amide bonds. The number of likely N-dealkylation sites (tertiary alicyclic amines) is 1. The van der Waals surface area contributed by atoms with Gasteiger partial charge in [0, 0.05) is 38.7 Å². The van der Waals surface area contributed by atoms with E-state index in [1.54, 1.807) is 12.1 Å². The lowest BCUT2D eigenvalue weighted by atomic mass is 10.0. The van der Waals surface area contributed by atoms with Crippen LogP contribution in [0.4, 0.5) is 0 Å². The summed E-state index contributed by atoms with van der Waals surface area (Å²) in [6.07, 6.45) is 2.47. The maximum absolute atomic E-state index is 12.2. The van der Waals surface area contributed by atoms with Crippen molar-refractivity contribution in [1.29, 1.82) is 0 Å².